The zero-order chi connectivity index (χ0) is 15.8. The lowest BCUT2D eigenvalue weighted by Crippen LogP contribution is -2.46. The van der Waals surface area contributed by atoms with Crippen LogP contribution in [0, 0.1) is 0 Å². The van der Waals surface area contributed by atoms with Crippen molar-refractivity contribution in [3.63, 3.8) is 0 Å². The van der Waals surface area contributed by atoms with Gasteiger partial charge in [-0.25, -0.2) is 4.79 Å². The second-order valence-electron chi connectivity index (χ2n) is 5.57. The molecule has 0 bridgehead atoms. The van der Waals surface area contributed by atoms with E-state index in [2.05, 4.69) is 16.0 Å². The Balaban J connectivity index is 1.62. The van der Waals surface area contributed by atoms with Gasteiger partial charge in [-0.3, -0.25) is 4.79 Å². The number of nitrogens with one attached hydrogen (secondary N) is 3. The first-order valence-electron chi connectivity index (χ1n) is 7.69. The average Bonchev–Trinajstić information content (AvgIpc) is 2.53. The molecule has 0 unspecified atom stereocenters. The first kappa shape index (κ1) is 16.6. The van der Waals surface area contributed by atoms with Crippen molar-refractivity contribution in [2.24, 2.45) is 0 Å². The quantitative estimate of drug-likeness (QED) is 0.779. The Kier molecular flexibility index (Phi) is 6.52. The summed E-state index contributed by atoms with van der Waals surface area (Å²) in [6.45, 7) is 0.397. The van der Waals surface area contributed by atoms with Gasteiger partial charge in [0.1, 0.15) is 0 Å². The molecule has 0 atom stereocenters. The normalized spacial score (nSPS) is 15.1. The summed E-state index contributed by atoms with van der Waals surface area (Å²) >= 11 is 5.80. The first-order chi connectivity index (χ1) is 10.6. The zero-order valence-electron chi connectivity index (χ0n) is 12.5. The summed E-state index contributed by atoms with van der Waals surface area (Å²) in [7, 11) is 0. The standard InChI is InChI=1S/C16H22ClN3O2/c17-13-8-6-12(7-9-13)10-18-15(21)11-19-16(22)20-14-4-2-1-3-5-14/h6-9,14H,1-5,10-11H2,(H,18,21)(H2,19,20,22). The van der Waals surface area contributed by atoms with Gasteiger partial charge in [0.2, 0.25) is 5.91 Å². The number of hydrogen-bond acceptors (Lipinski definition) is 2. The van der Waals surface area contributed by atoms with E-state index in [1.54, 1.807) is 12.1 Å². The predicted molar refractivity (Wildman–Crippen MR) is 86.7 cm³/mol. The number of hydrogen-bond donors (Lipinski definition) is 3. The molecule has 3 amide bonds. The molecule has 6 heteroatoms. The lowest BCUT2D eigenvalue weighted by molar-refractivity contribution is -0.120. The largest absolute Gasteiger partial charge is 0.350 e. The summed E-state index contributed by atoms with van der Waals surface area (Å²) < 4.78 is 0. The van der Waals surface area contributed by atoms with E-state index in [0.29, 0.717) is 11.6 Å². The van der Waals surface area contributed by atoms with Crippen LogP contribution in [-0.2, 0) is 11.3 Å². The van der Waals surface area contributed by atoms with E-state index in [1.807, 2.05) is 12.1 Å². The third kappa shape index (κ3) is 5.93. The second-order valence-corrected chi connectivity index (χ2v) is 6.00. The van der Waals surface area contributed by atoms with Gasteiger partial charge in [0.05, 0.1) is 6.54 Å². The molecule has 1 saturated carbocycles. The van der Waals surface area contributed by atoms with Crippen LogP contribution in [0.25, 0.3) is 0 Å². The van der Waals surface area contributed by atoms with E-state index in [9.17, 15) is 9.59 Å². The van der Waals surface area contributed by atoms with Crippen LogP contribution in [-0.4, -0.2) is 24.5 Å². The van der Waals surface area contributed by atoms with Crippen LogP contribution in [0.3, 0.4) is 0 Å². The van der Waals surface area contributed by atoms with Crippen molar-refractivity contribution < 1.29 is 9.59 Å². The van der Waals surface area contributed by atoms with E-state index in [1.165, 1.54) is 6.42 Å². The van der Waals surface area contributed by atoms with Gasteiger partial charge in [-0.2, -0.15) is 0 Å². The Morgan fingerprint density at radius 1 is 1.05 bits per heavy atom. The summed E-state index contributed by atoms with van der Waals surface area (Å²) in [5.74, 6) is -0.214. The van der Waals surface area contributed by atoms with Gasteiger partial charge in [0.25, 0.3) is 0 Å². The van der Waals surface area contributed by atoms with Crippen molar-refractivity contribution >= 4 is 23.5 Å². The number of halogens is 1. The number of amides is 3. The van der Waals surface area contributed by atoms with Gasteiger partial charge in [-0.15, -0.1) is 0 Å². The van der Waals surface area contributed by atoms with Crippen molar-refractivity contribution in [2.75, 3.05) is 6.54 Å². The third-order valence-electron chi connectivity index (χ3n) is 3.75. The maximum absolute atomic E-state index is 11.7. The smallest absolute Gasteiger partial charge is 0.315 e. The fraction of sp³-hybridized carbons (Fsp3) is 0.500. The van der Waals surface area contributed by atoms with E-state index >= 15 is 0 Å². The van der Waals surface area contributed by atoms with Gasteiger partial charge < -0.3 is 16.0 Å². The first-order valence-corrected chi connectivity index (χ1v) is 8.07. The number of carbonyl (C=O) groups excluding carboxylic acids is 2. The fourth-order valence-corrected chi connectivity index (χ4v) is 2.64. The van der Waals surface area contributed by atoms with Crippen molar-refractivity contribution in [1.29, 1.82) is 0 Å². The number of carbonyl (C=O) groups is 2. The highest BCUT2D eigenvalue weighted by Gasteiger charge is 2.15. The van der Waals surface area contributed by atoms with E-state index in [4.69, 9.17) is 11.6 Å². The van der Waals surface area contributed by atoms with E-state index in [-0.39, 0.29) is 24.5 Å². The number of urea groups is 1. The molecule has 1 fully saturated rings. The summed E-state index contributed by atoms with van der Waals surface area (Å²) in [6, 6.07) is 7.23. The number of rotatable bonds is 5. The molecule has 0 aromatic heterocycles. The van der Waals surface area contributed by atoms with E-state index < -0.39 is 0 Å². The Morgan fingerprint density at radius 2 is 1.73 bits per heavy atom. The molecule has 1 aromatic carbocycles. The third-order valence-corrected chi connectivity index (χ3v) is 4.00. The van der Waals surface area contributed by atoms with Crippen LogP contribution in [0.1, 0.15) is 37.7 Å². The highest BCUT2D eigenvalue weighted by molar-refractivity contribution is 6.30. The molecule has 1 aliphatic carbocycles. The molecular weight excluding hydrogens is 302 g/mol. The predicted octanol–water partition coefficient (Wildman–Crippen LogP) is 2.59. The van der Waals surface area contributed by atoms with E-state index in [0.717, 1.165) is 31.2 Å². The second kappa shape index (κ2) is 8.63. The molecule has 0 radical (unpaired) electrons. The van der Waals surface area contributed by atoms with Crippen LogP contribution < -0.4 is 16.0 Å². The van der Waals surface area contributed by atoms with Gasteiger partial charge >= 0.3 is 6.03 Å². The molecular formula is C16H22ClN3O2. The summed E-state index contributed by atoms with van der Waals surface area (Å²) in [4.78, 5) is 23.4. The molecule has 0 spiro atoms. The van der Waals surface area contributed by atoms with Crippen LogP contribution >= 0.6 is 11.6 Å². The van der Waals surface area contributed by atoms with Crippen molar-refractivity contribution in [3.05, 3.63) is 34.9 Å². The molecule has 22 heavy (non-hydrogen) atoms. The monoisotopic (exact) mass is 323 g/mol. The number of benzene rings is 1. The Hall–Kier alpha value is -1.75. The van der Waals surface area contributed by atoms with Crippen molar-refractivity contribution in [3.8, 4) is 0 Å². The molecule has 0 heterocycles. The van der Waals surface area contributed by atoms with Crippen LogP contribution in [0.15, 0.2) is 24.3 Å². The van der Waals surface area contributed by atoms with Gasteiger partial charge in [0.15, 0.2) is 0 Å². The topological polar surface area (TPSA) is 70.2 Å². The Morgan fingerprint density at radius 3 is 2.41 bits per heavy atom. The minimum Gasteiger partial charge on any atom is -0.350 e. The molecule has 0 aliphatic heterocycles. The highest BCUT2D eigenvalue weighted by atomic mass is 35.5. The molecule has 3 N–H and O–H groups in total. The molecule has 5 nitrogen and oxygen atoms in total. The molecule has 2 rings (SSSR count). The molecule has 120 valence electrons. The summed E-state index contributed by atoms with van der Waals surface area (Å²) in [6.07, 6.45) is 5.61. The Labute approximate surface area is 135 Å². The lowest BCUT2D eigenvalue weighted by Gasteiger charge is -2.22. The van der Waals surface area contributed by atoms with Gasteiger partial charge in [-0.1, -0.05) is 43.0 Å². The average molecular weight is 324 g/mol. The zero-order valence-corrected chi connectivity index (χ0v) is 13.3. The van der Waals surface area contributed by atoms with Crippen molar-refractivity contribution in [2.45, 2.75) is 44.7 Å². The lowest BCUT2D eigenvalue weighted by atomic mass is 9.96. The Bertz CT molecular complexity index is 499. The van der Waals surface area contributed by atoms with Crippen LogP contribution in [0.5, 0.6) is 0 Å². The van der Waals surface area contributed by atoms with Crippen molar-refractivity contribution in [1.82, 2.24) is 16.0 Å². The van der Waals surface area contributed by atoms with Crippen LogP contribution in [0.4, 0.5) is 4.79 Å². The molecule has 1 aromatic rings. The minimum absolute atomic E-state index is 0.0217. The summed E-state index contributed by atoms with van der Waals surface area (Å²) in [5, 5.41) is 8.92. The van der Waals surface area contributed by atoms with Gasteiger partial charge in [-0.05, 0) is 30.5 Å². The molecule has 1 aliphatic rings. The van der Waals surface area contributed by atoms with Crippen LogP contribution in [0.2, 0.25) is 5.02 Å². The van der Waals surface area contributed by atoms with Gasteiger partial charge in [0, 0.05) is 17.6 Å². The maximum atomic E-state index is 11.7. The fourth-order valence-electron chi connectivity index (χ4n) is 2.51. The SMILES string of the molecule is O=C(CNC(=O)NC1CCCCC1)NCc1ccc(Cl)cc1. The summed E-state index contributed by atoms with van der Waals surface area (Å²) in [5.41, 5.74) is 0.962. The highest BCUT2D eigenvalue weighted by Crippen LogP contribution is 2.17. The minimum atomic E-state index is -0.270. The maximum Gasteiger partial charge on any atom is 0.315 e. The molecule has 0 saturated heterocycles.